The van der Waals surface area contributed by atoms with Crippen LogP contribution in [0, 0.1) is 0 Å². The van der Waals surface area contributed by atoms with E-state index in [0.29, 0.717) is 6.61 Å². The van der Waals surface area contributed by atoms with Crippen molar-refractivity contribution in [2.45, 2.75) is 46.6 Å². The molecule has 0 spiro atoms. The average Bonchev–Trinajstić information content (AvgIpc) is 2.29. The molecule has 0 aromatic rings. The fourth-order valence-electron chi connectivity index (χ4n) is 1.55. The van der Waals surface area contributed by atoms with E-state index >= 15 is 0 Å². The summed E-state index contributed by atoms with van der Waals surface area (Å²) >= 11 is 0. The summed E-state index contributed by atoms with van der Waals surface area (Å²) in [5.41, 5.74) is 0. The highest BCUT2D eigenvalue weighted by Gasteiger charge is 2.21. The summed E-state index contributed by atoms with van der Waals surface area (Å²) in [7, 11) is 0. The number of nitrogens with zero attached hydrogens (tertiary/aromatic N) is 1. The van der Waals surface area contributed by atoms with Gasteiger partial charge in [0.1, 0.15) is 6.42 Å². The zero-order valence-corrected chi connectivity index (χ0v) is 12.1. The van der Waals surface area contributed by atoms with Crippen LogP contribution in [-0.2, 0) is 23.9 Å². The fraction of sp³-hybridized carbons (Fsp3) is 0.769. The third kappa shape index (κ3) is 7.43. The van der Waals surface area contributed by atoms with Gasteiger partial charge in [0.2, 0.25) is 5.91 Å². The SMILES string of the molecule is CCOC(=O)CCN(C(=O)CC(=O)OCC)C(C)C. The molecule has 0 aromatic carbocycles. The van der Waals surface area contributed by atoms with Crippen molar-refractivity contribution in [2.24, 2.45) is 0 Å². The molecular formula is C13H23NO5. The Balaban J connectivity index is 4.35. The Morgan fingerprint density at radius 2 is 1.53 bits per heavy atom. The van der Waals surface area contributed by atoms with Crippen LogP contribution in [0.4, 0.5) is 0 Å². The summed E-state index contributed by atoms with van der Waals surface area (Å²) < 4.78 is 9.53. The van der Waals surface area contributed by atoms with E-state index in [1.54, 1.807) is 13.8 Å². The predicted molar refractivity (Wildman–Crippen MR) is 69.3 cm³/mol. The minimum Gasteiger partial charge on any atom is -0.466 e. The maximum Gasteiger partial charge on any atom is 0.315 e. The minimum atomic E-state index is -0.547. The Labute approximate surface area is 114 Å². The highest BCUT2D eigenvalue weighted by atomic mass is 16.5. The standard InChI is InChI=1S/C13H23NO5/c1-5-18-12(16)7-8-14(10(3)4)11(15)9-13(17)19-6-2/h10H,5-9H2,1-4H3. The van der Waals surface area contributed by atoms with E-state index in [-0.39, 0.29) is 43.9 Å². The van der Waals surface area contributed by atoms with Crippen LogP contribution in [0.5, 0.6) is 0 Å². The average molecular weight is 273 g/mol. The summed E-state index contributed by atoms with van der Waals surface area (Å²) in [4.78, 5) is 35.9. The molecule has 0 aliphatic heterocycles. The van der Waals surface area contributed by atoms with Crippen LogP contribution < -0.4 is 0 Å². The fourth-order valence-corrected chi connectivity index (χ4v) is 1.55. The Hall–Kier alpha value is -1.59. The van der Waals surface area contributed by atoms with E-state index in [1.807, 2.05) is 13.8 Å². The first-order valence-corrected chi connectivity index (χ1v) is 6.53. The lowest BCUT2D eigenvalue weighted by molar-refractivity contribution is -0.149. The molecule has 0 radical (unpaired) electrons. The van der Waals surface area contributed by atoms with E-state index in [2.05, 4.69) is 0 Å². The first-order chi connectivity index (χ1) is 8.92. The molecule has 19 heavy (non-hydrogen) atoms. The molecule has 0 aliphatic rings. The number of esters is 2. The molecule has 0 saturated heterocycles. The molecule has 0 aliphatic carbocycles. The third-order valence-corrected chi connectivity index (χ3v) is 2.41. The third-order valence-electron chi connectivity index (χ3n) is 2.41. The Morgan fingerprint density at radius 1 is 1.00 bits per heavy atom. The number of carbonyl (C=O) groups excluding carboxylic acids is 3. The van der Waals surface area contributed by atoms with Crippen molar-refractivity contribution in [3.05, 3.63) is 0 Å². The maximum atomic E-state index is 11.9. The van der Waals surface area contributed by atoms with Crippen LogP contribution in [-0.4, -0.2) is 48.5 Å². The van der Waals surface area contributed by atoms with Gasteiger partial charge in [-0.05, 0) is 27.7 Å². The molecule has 0 unspecified atom stereocenters. The zero-order chi connectivity index (χ0) is 14.8. The van der Waals surface area contributed by atoms with Crippen molar-refractivity contribution >= 4 is 17.8 Å². The second-order valence-corrected chi connectivity index (χ2v) is 4.22. The van der Waals surface area contributed by atoms with E-state index in [9.17, 15) is 14.4 Å². The van der Waals surface area contributed by atoms with E-state index in [1.165, 1.54) is 4.90 Å². The first-order valence-electron chi connectivity index (χ1n) is 6.53. The predicted octanol–water partition coefficient (Wildman–Crippen LogP) is 1.13. The minimum absolute atomic E-state index is 0.0867. The lowest BCUT2D eigenvalue weighted by Gasteiger charge is -2.26. The largest absolute Gasteiger partial charge is 0.466 e. The highest BCUT2D eigenvalue weighted by Crippen LogP contribution is 2.05. The molecule has 110 valence electrons. The van der Waals surface area contributed by atoms with Crippen LogP contribution >= 0.6 is 0 Å². The van der Waals surface area contributed by atoms with Crippen LogP contribution in [0.1, 0.15) is 40.5 Å². The van der Waals surface area contributed by atoms with Crippen molar-refractivity contribution in [2.75, 3.05) is 19.8 Å². The molecular weight excluding hydrogens is 250 g/mol. The number of hydrogen-bond donors (Lipinski definition) is 0. The van der Waals surface area contributed by atoms with Crippen molar-refractivity contribution in [3.63, 3.8) is 0 Å². The monoisotopic (exact) mass is 273 g/mol. The van der Waals surface area contributed by atoms with Crippen LogP contribution in [0.25, 0.3) is 0 Å². The van der Waals surface area contributed by atoms with Crippen LogP contribution in [0.3, 0.4) is 0 Å². The molecule has 0 fully saturated rings. The molecule has 0 N–H and O–H groups in total. The molecule has 0 atom stereocenters. The summed E-state index contributed by atoms with van der Waals surface area (Å²) in [6.45, 7) is 7.87. The summed E-state index contributed by atoms with van der Waals surface area (Å²) in [5.74, 6) is -1.23. The number of hydrogen-bond acceptors (Lipinski definition) is 5. The summed E-state index contributed by atoms with van der Waals surface area (Å²) in [5, 5.41) is 0. The number of amides is 1. The molecule has 0 bridgehead atoms. The number of ether oxygens (including phenoxy) is 2. The van der Waals surface area contributed by atoms with E-state index in [0.717, 1.165) is 0 Å². The molecule has 6 heteroatoms. The van der Waals surface area contributed by atoms with E-state index in [4.69, 9.17) is 9.47 Å². The van der Waals surface area contributed by atoms with Gasteiger partial charge in [0.25, 0.3) is 0 Å². The normalized spacial score (nSPS) is 10.2. The van der Waals surface area contributed by atoms with E-state index < -0.39 is 5.97 Å². The van der Waals surface area contributed by atoms with Crippen LogP contribution in [0.15, 0.2) is 0 Å². The van der Waals surface area contributed by atoms with Gasteiger partial charge in [0, 0.05) is 12.6 Å². The molecule has 1 amide bonds. The zero-order valence-electron chi connectivity index (χ0n) is 12.1. The Kier molecular flexibility index (Phi) is 8.57. The van der Waals surface area contributed by atoms with Crippen molar-refractivity contribution < 1.29 is 23.9 Å². The van der Waals surface area contributed by atoms with Crippen molar-refractivity contribution in [1.29, 1.82) is 0 Å². The lowest BCUT2D eigenvalue weighted by Crippen LogP contribution is -2.39. The van der Waals surface area contributed by atoms with Crippen molar-refractivity contribution in [1.82, 2.24) is 4.90 Å². The van der Waals surface area contributed by atoms with Gasteiger partial charge in [-0.15, -0.1) is 0 Å². The van der Waals surface area contributed by atoms with Crippen LogP contribution in [0.2, 0.25) is 0 Å². The van der Waals surface area contributed by atoms with Gasteiger partial charge in [0.15, 0.2) is 0 Å². The Bertz CT molecular complexity index is 314. The van der Waals surface area contributed by atoms with Gasteiger partial charge >= 0.3 is 11.9 Å². The highest BCUT2D eigenvalue weighted by molar-refractivity contribution is 5.94. The first kappa shape index (κ1) is 17.4. The Morgan fingerprint density at radius 3 is 2.00 bits per heavy atom. The van der Waals surface area contributed by atoms with Gasteiger partial charge in [-0.1, -0.05) is 0 Å². The smallest absolute Gasteiger partial charge is 0.315 e. The molecule has 6 nitrogen and oxygen atoms in total. The number of rotatable bonds is 8. The molecule has 0 heterocycles. The van der Waals surface area contributed by atoms with Gasteiger partial charge < -0.3 is 14.4 Å². The molecule has 0 rings (SSSR count). The van der Waals surface area contributed by atoms with Gasteiger partial charge in [-0.3, -0.25) is 14.4 Å². The second kappa shape index (κ2) is 9.35. The summed E-state index contributed by atoms with van der Waals surface area (Å²) in [6.07, 6.45) is -0.171. The van der Waals surface area contributed by atoms with Gasteiger partial charge in [0.05, 0.1) is 19.6 Å². The molecule has 0 aromatic heterocycles. The van der Waals surface area contributed by atoms with Gasteiger partial charge in [-0.2, -0.15) is 0 Å². The van der Waals surface area contributed by atoms with Gasteiger partial charge in [-0.25, -0.2) is 0 Å². The van der Waals surface area contributed by atoms with Crippen molar-refractivity contribution in [3.8, 4) is 0 Å². The summed E-state index contributed by atoms with van der Waals surface area (Å²) in [6, 6.07) is -0.0867. The quantitative estimate of drug-likeness (QED) is 0.489. The molecule has 0 saturated carbocycles. The lowest BCUT2D eigenvalue weighted by atomic mass is 10.2. The second-order valence-electron chi connectivity index (χ2n) is 4.22. The number of carbonyl (C=O) groups is 3. The maximum absolute atomic E-state index is 11.9. The topological polar surface area (TPSA) is 72.9 Å².